The average Bonchev–Trinajstić information content (AvgIpc) is 2.41. The van der Waals surface area contributed by atoms with Crippen LogP contribution in [0.25, 0.3) is 0 Å². The Bertz CT molecular complexity index is 737. The Morgan fingerprint density at radius 3 is 2.29 bits per heavy atom. The molecule has 5 heteroatoms. The van der Waals surface area contributed by atoms with Gasteiger partial charge in [-0.15, -0.1) is 0 Å². The summed E-state index contributed by atoms with van der Waals surface area (Å²) in [5.74, 6) is 0.378. The molecule has 0 heterocycles. The van der Waals surface area contributed by atoms with E-state index in [0.29, 0.717) is 10.4 Å². The van der Waals surface area contributed by atoms with E-state index >= 15 is 0 Å². The fourth-order valence-corrected chi connectivity index (χ4v) is 4.11. The van der Waals surface area contributed by atoms with Gasteiger partial charge in [0.1, 0.15) is 0 Å². The third kappa shape index (κ3) is 3.86. The molecular formula is C16H18BrNO2S. The predicted molar refractivity (Wildman–Crippen MR) is 90.0 cm³/mol. The summed E-state index contributed by atoms with van der Waals surface area (Å²) in [7, 11) is -3.45. The first-order valence-corrected chi connectivity index (χ1v) is 9.11. The highest BCUT2D eigenvalue weighted by Crippen LogP contribution is 2.26. The monoisotopic (exact) mass is 367 g/mol. The topological polar surface area (TPSA) is 60.2 Å². The van der Waals surface area contributed by atoms with Crippen molar-refractivity contribution in [3.05, 3.63) is 58.1 Å². The van der Waals surface area contributed by atoms with E-state index in [4.69, 9.17) is 5.73 Å². The SMILES string of the molecule is CC(C)c1ccc(CS(=O)(=O)c2cc(Br)ccc2N)cc1. The van der Waals surface area contributed by atoms with Gasteiger partial charge in [-0.05, 0) is 35.2 Å². The van der Waals surface area contributed by atoms with Gasteiger partial charge in [-0.1, -0.05) is 54.0 Å². The molecule has 0 saturated heterocycles. The number of anilines is 1. The second kappa shape index (κ2) is 6.20. The Hall–Kier alpha value is -1.33. The van der Waals surface area contributed by atoms with E-state index in [1.807, 2.05) is 24.3 Å². The molecular weight excluding hydrogens is 350 g/mol. The normalized spacial score (nSPS) is 11.8. The molecule has 0 aliphatic rings. The van der Waals surface area contributed by atoms with Gasteiger partial charge in [-0.25, -0.2) is 8.42 Å². The first-order valence-electron chi connectivity index (χ1n) is 6.66. The average molecular weight is 368 g/mol. The maximum absolute atomic E-state index is 12.5. The molecule has 0 radical (unpaired) electrons. The van der Waals surface area contributed by atoms with Gasteiger partial charge in [-0.2, -0.15) is 0 Å². The van der Waals surface area contributed by atoms with Crippen LogP contribution in [0.15, 0.2) is 51.8 Å². The molecule has 0 fully saturated rings. The minimum Gasteiger partial charge on any atom is -0.398 e. The summed E-state index contributed by atoms with van der Waals surface area (Å²) in [6, 6.07) is 12.5. The Balaban J connectivity index is 2.31. The van der Waals surface area contributed by atoms with Crippen molar-refractivity contribution in [3.8, 4) is 0 Å². The van der Waals surface area contributed by atoms with Crippen molar-refractivity contribution in [1.82, 2.24) is 0 Å². The Morgan fingerprint density at radius 1 is 1.10 bits per heavy atom. The second-order valence-corrected chi connectivity index (χ2v) is 8.21. The highest BCUT2D eigenvalue weighted by atomic mass is 79.9. The van der Waals surface area contributed by atoms with Crippen LogP contribution in [0.5, 0.6) is 0 Å². The minimum atomic E-state index is -3.45. The minimum absolute atomic E-state index is 0.0496. The summed E-state index contributed by atoms with van der Waals surface area (Å²) in [4.78, 5) is 0.171. The molecule has 0 aliphatic heterocycles. The molecule has 112 valence electrons. The number of hydrogen-bond donors (Lipinski definition) is 1. The van der Waals surface area contributed by atoms with E-state index in [0.717, 1.165) is 5.56 Å². The molecule has 0 aliphatic carbocycles. The van der Waals surface area contributed by atoms with Crippen LogP contribution in [-0.2, 0) is 15.6 Å². The zero-order valence-corrected chi connectivity index (χ0v) is 14.4. The maximum atomic E-state index is 12.5. The van der Waals surface area contributed by atoms with Gasteiger partial charge in [0.2, 0.25) is 0 Å². The molecule has 0 atom stereocenters. The molecule has 21 heavy (non-hydrogen) atoms. The lowest BCUT2D eigenvalue weighted by Gasteiger charge is -2.10. The summed E-state index contributed by atoms with van der Waals surface area (Å²) in [6.45, 7) is 4.21. The Labute approximate surface area is 134 Å². The van der Waals surface area contributed by atoms with Crippen LogP contribution in [0.2, 0.25) is 0 Å². The lowest BCUT2D eigenvalue weighted by Crippen LogP contribution is -2.08. The van der Waals surface area contributed by atoms with E-state index in [1.165, 1.54) is 5.56 Å². The van der Waals surface area contributed by atoms with Gasteiger partial charge in [-0.3, -0.25) is 0 Å². The third-order valence-corrected chi connectivity index (χ3v) is 5.54. The lowest BCUT2D eigenvalue weighted by atomic mass is 10.0. The van der Waals surface area contributed by atoms with Crippen molar-refractivity contribution in [2.45, 2.75) is 30.4 Å². The van der Waals surface area contributed by atoms with Crippen LogP contribution in [0.1, 0.15) is 30.9 Å². The smallest absolute Gasteiger partial charge is 0.184 e. The largest absolute Gasteiger partial charge is 0.398 e. The van der Waals surface area contributed by atoms with Crippen molar-refractivity contribution in [2.75, 3.05) is 5.73 Å². The quantitative estimate of drug-likeness (QED) is 0.826. The van der Waals surface area contributed by atoms with Gasteiger partial charge in [0, 0.05) is 4.47 Å². The van der Waals surface area contributed by atoms with E-state index in [1.54, 1.807) is 18.2 Å². The number of benzene rings is 2. The molecule has 0 aromatic heterocycles. The number of hydrogen-bond acceptors (Lipinski definition) is 3. The molecule has 2 rings (SSSR count). The molecule has 0 unspecified atom stereocenters. The number of rotatable bonds is 4. The van der Waals surface area contributed by atoms with Crippen molar-refractivity contribution in [1.29, 1.82) is 0 Å². The number of sulfone groups is 1. The van der Waals surface area contributed by atoms with Crippen molar-refractivity contribution >= 4 is 31.5 Å². The lowest BCUT2D eigenvalue weighted by molar-refractivity contribution is 0.595. The molecule has 0 amide bonds. The summed E-state index contributed by atoms with van der Waals surface area (Å²) < 4.78 is 25.7. The van der Waals surface area contributed by atoms with Crippen LogP contribution in [-0.4, -0.2) is 8.42 Å². The van der Waals surface area contributed by atoms with Gasteiger partial charge in [0.05, 0.1) is 16.3 Å². The van der Waals surface area contributed by atoms with Crippen LogP contribution in [0.3, 0.4) is 0 Å². The molecule has 0 bridgehead atoms. The van der Waals surface area contributed by atoms with Gasteiger partial charge in [0.15, 0.2) is 9.84 Å². The fraction of sp³-hybridized carbons (Fsp3) is 0.250. The van der Waals surface area contributed by atoms with E-state index in [9.17, 15) is 8.42 Å². The van der Waals surface area contributed by atoms with Crippen LogP contribution < -0.4 is 5.73 Å². The number of halogens is 1. The van der Waals surface area contributed by atoms with Crippen molar-refractivity contribution < 1.29 is 8.42 Å². The summed E-state index contributed by atoms with van der Waals surface area (Å²) in [6.07, 6.45) is 0. The summed E-state index contributed by atoms with van der Waals surface area (Å²) in [5, 5.41) is 0. The van der Waals surface area contributed by atoms with E-state index in [2.05, 4.69) is 29.8 Å². The summed E-state index contributed by atoms with van der Waals surface area (Å²) >= 11 is 3.28. The first kappa shape index (κ1) is 16.0. The van der Waals surface area contributed by atoms with Crippen molar-refractivity contribution in [2.24, 2.45) is 0 Å². The molecule has 2 aromatic rings. The Morgan fingerprint density at radius 2 is 1.71 bits per heavy atom. The molecule has 0 spiro atoms. The van der Waals surface area contributed by atoms with Crippen molar-refractivity contribution in [3.63, 3.8) is 0 Å². The third-order valence-electron chi connectivity index (χ3n) is 3.31. The van der Waals surface area contributed by atoms with Crippen LogP contribution >= 0.6 is 15.9 Å². The first-order chi connectivity index (χ1) is 9.79. The molecule has 2 N–H and O–H groups in total. The van der Waals surface area contributed by atoms with E-state index < -0.39 is 9.84 Å². The molecule has 3 nitrogen and oxygen atoms in total. The summed E-state index contributed by atoms with van der Waals surface area (Å²) in [5.41, 5.74) is 8.02. The highest BCUT2D eigenvalue weighted by molar-refractivity contribution is 9.10. The Kier molecular flexibility index (Phi) is 4.74. The zero-order valence-electron chi connectivity index (χ0n) is 12.0. The van der Waals surface area contributed by atoms with Gasteiger partial charge >= 0.3 is 0 Å². The van der Waals surface area contributed by atoms with Gasteiger partial charge in [0.25, 0.3) is 0 Å². The molecule has 0 saturated carbocycles. The highest BCUT2D eigenvalue weighted by Gasteiger charge is 2.19. The zero-order chi connectivity index (χ0) is 15.6. The fourth-order valence-electron chi connectivity index (χ4n) is 2.07. The van der Waals surface area contributed by atoms with Crippen LogP contribution in [0, 0.1) is 0 Å². The van der Waals surface area contributed by atoms with E-state index in [-0.39, 0.29) is 16.3 Å². The second-order valence-electron chi connectivity index (χ2n) is 5.34. The standard InChI is InChI=1S/C16H18BrNO2S/c1-11(2)13-5-3-12(4-6-13)10-21(19,20)16-9-14(17)7-8-15(16)18/h3-9,11H,10,18H2,1-2H3. The maximum Gasteiger partial charge on any atom is 0.184 e. The number of nitrogens with two attached hydrogens (primary N) is 1. The molecule has 2 aromatic carbocycles. The number of nitrogen functional groups attached to an aromatic ring is 1. The van der Waals surface area contributed by atoms with Gasteiger partial charge < -0.3 is 5.73 Å². The predicted octanol–water partition coefficient (Wildman–Crippen LogP) is 4.13. The van der Waals surface area contributed by atoms with Crippen LogP contribution in [0.4, 0.5) is 5.69 Å².